The first-order chi connectivity index (χ1) is 10.1. The van der Waals surface area contributed by atoms with Gasteiger partial charge in [0.2, 0.25) is 5.89 Å². The van der Waals surface area contributed by atoms with Crippen LogP contribution in [0.4, 0.5) is 0 Å². The lowest BCUT2D eigenvalue weighted by atomic mass is 10.2. The van der Waals surface area contributed by atoms with Gasteiger partial charge in [-0.25, -0.2) is 0 Å². The molecule has 6 heteroatoms. The molecule has 1 aliphatic heterocycles. The highest BCUT2D eigenvalue weighted by Crippen LogP contribution is 2.29. The number of rotatable bonds is 5. The van der Waals surface area contributed by atoms with Crippen LogP contribution < -0.4 is 0 Å². The lowest BCUT2D eigenvalue weighted by Gasteiger charge is -2.28. The lowest BCUT2D eigenvalue weighted by molar-refractivity contribution is 0.144. The molecule has 0 aliphatic carbocycles. The van der Waals surface area contributed by atoms with Crippen LogP contribution in [0.15, 0.2) is 23.0 Å². The van der Waals surface area contributed by atoms with E-state index in [1.807, 2.05) is 23.1 Å². The summed E-state index contributed by atoms with van der Waals surface area (Å²) in [4.78, 5) is 7.00. The van der Waals surface area contributed by atoms with Crippen molar-refractivity contribution in [3.63, 3.8) is 0 Å². The molecule has 0 saturated carbocycles. The maximum atomic E-state index is 5.46. The summed E-state index contributed by atoms with van der Waals surface area (Å²) in [5.74, 6) is 1.82. The van der Waals surface area contributed by atoms with Crippen LogP contribution in [0.25, 0.3) is 0 Å². The van der Waals surface area contributed by atoms with Gasteiger partial charge in [0.25, 0.3) is 0 Å². The lowest BCUT2D eigenvalue weighted by Crippen LogP contribution is -2.35. The fourth-order valence-corrected chi connectivity index (χ4v) is 2.98. The first kappa shape index (κ1) is 14.3. The Morgan fingerprint density at radius 3 is 2.90 bits per heavy atom. The quantitative estimate of drug-likeness (QED) is 0.846. The minimum Gasteiger partial charge on any atom is -0.338 e. The third-order valence-corrected chi connectivity index (χ3v) is 4.21. The minimum atomic E-state index is 0.160. The molecule has 0 amide bonds. The average molecular weight is 289 g/mol. The summed E-state index contributed by atoms with van der Waals surface area (Å²) in [5.41, 5.74) is 0. The molecule has 3 heterocycles. The predicted octanol–water partition coefficient (Wildman–Crippen LogP) is 2.62. The third-order valence-electron chi connectivity index (χ3n) is 4.21. The zero-order chi connectivity index (χ0) is 14.8. The zero-order valence-electron chi connectivity index (χ0n) is 12.9. The number of nitrogens with zero attached hydrogens (tertiary/aromatic N) is 5. The molecule has 0 aromatic carbocycles. The summed E-state index contributed by atoms with van der Waals surface area (Å²) in [7, 11) is 0. The average Bonchev–Trinajstić information content (AvgIpc) is 3.20. The molecule has 2 atom stereocenters. The SMILES string of the molecule is CC(C)c1noc([C@@H](C)N2CCC[C@@H]2Cn2cccn2)n1. The van der Waals surface area contributed by atoms with Crippen LogP contribution in [0.1, 0.15) is 57.3 Å². The molecule has 6 nitrogen and oxygen atoms in total. The van der Waals surface area contributed by atoms with Crippen LogP contribution in [0, 0.1) is 0 Å². The van der Waals surface area contributed by atoms with Crippen molar-refractivity contribution in [2.45, 2.75) is 58.2 Å². The molecule has 1 saturated heterocycles. The van der Waals surface area contributed by atoms with Crippen molar-refractivity contribution < 1.29 is 4.52 Å². The van der Waals surface area contributed by atoms with Crippen LogP contribution in [-0.4, -0.2) is 37.4 Å². The van der Waals surface area contributed by atoms with Gasteiger partial charge in [-0.15, -0.1) is 0 Å². The van der Waals surface area contributed by atoms with Gasteiger partial charge < -0.3 is 4.52 Å². The summed E-state index contributed by atoms with van der Waals surface area (Å²) < 4.78 is 7.46. The van der Waals surface area contributed by atoms with Crippen LogP contribution in [0.3, 0.4) is 0 Å². The Labute approximate surface area is 125 Å². The van der Waals surface area contributed by atoms with Crippen molar-refractivity contribution in [2.24, 2.45) is 0 Å². The number of likely N-dealkylation sites (tertiary alicyclic amines) is 1. The molecular formula is C15H23N5O. The van der Waals surface area contributed by atoms with Crippen molar-refractivity contribution in [1.29, 1.82) is 0 Å². The third kappa shape index (κ3) is 3.00. The fraction of sp³-hybridized carbons (Fsp3) is 0.667. The first-order valence-corrected chi connectivity index (χ1v) is 7.72. The second-order valence-corrected chi connectivity index (χ2v) is 6.08. The molecule has 1 aliphatic rings. The largest absolute Gasteiger partial charge is 0.338 e. The Balaban J connectivity index is 1.71. The van der Waals surface area contributed by atoms with Gasteiger partial charge in [-0.2, -0.15) is 10.1 Å². The van der Waals surface area contributed by atoms with Gasteiger partial charge in [-0.05, 0) is 32.4 Å². The summed E-state index contributed by atoms with van der Waals surface area (Å²) in [6.45, 7) is 8.30. The highest BCUT2D eigenvalue weighted by Gasteiger charge is 2.32. The van der Waals surface area contributed by atoms with Gasteiger partial charge in [0.15, 0.2) is 5.82 Å². The van der Waals surface area contributed by atoms with E-state index in [0.29, 0.717) is 12.0 Å². The monoisotopic (exact) mass is 289 g/mol. The Hall–Kier alpha value is -1.69. The van der Waals surface area contributed by atoms with Gasteiger partial charge in [0.1, 0.15) is 0 Å². The van der Waals surface area contributed by atoms with Crippen molar-refractivity contribution in [1.82, 2.24) is 24.8 Å². The maximum Gasteiger partial charge on any atom is 0.243 e. The predicted molar refractivity (Wildman–Crippen MR) is 78.8 cm³/mol. The van der Waals surface area contributed by atoms with Gasteiger partial charge in [-0.1, -0.05) is 19.0 Å². The Morgan fingerprint density at radius 2 is 2.24 bits per heavy atom. The number of hydrogen-bond donors (Lipinski definition) is 0. The van der Waals surface area contributed by atoms with E-state index in [1.54, 1.807) is 0 Å². The molecule has 21 heavy (non-hydrogen) atoms. The summed E-state index contributed by atoms with van der Waals surface area (Å²) >= 11 is 0. The maximum absolute atomic E-state index is 5.46. The Kier molecular flexibility index (Phi) is 4.05. The van der Waals surface area contributed by atoms with Crippen molar-refractivity contribution in [3.05, 3.63) is 30.2 Å². The Bertz CT molecular complexity index is 562. The second-order valence-electron chi connectivity index (χ2n) is 6.08. The summed E-state index contributed by atoms with van der Waals surface area (Å²) in [6, 6.07) is 2.61. The molecule has 0 unspecified atom stereocenters. The molecule has 3 rings (SSSR count). The van der Waals surface area contributed by atoms with E-state index in [4.69, 9.17) is 4.52 Å². The standard InChI is InChI=1S/C15H23N5O/c1-11(2)14-17-15(21-18-14)12(3)20-9-4-6-13(20)10-19-8-5-7-16-19/h5,7-8,11-13H,4,6,9-10H2,1-3H3/t12-,13-/m1/s1. The molecule has 0 bridgehead atoms. The van der Waals surface area contributed by atoms with Crippen LogP contribution in [0.5, 0.6) is 0 Å². The van der Waals surface area contributed by atoms with E-state index in [2.05, 4.69) is 40.9 Å². The molecule has 2 aromatic heterocycles. The number of hydrogen-bond acceptors (Lipinski definition) is 5. The highest BCUT2D eigenvalue weighted by molar-refractivity contribution is 4.98. The second kappa shape index (κ2) is 5.97. The van der Waals surface area contributed by atoms with Crippen LogP contribution in [-0.2, 0) is 6.54 Å². The normalized spacial score (nSPS) is 21.2. The molecule has 0 spiro atoms. The fourth-order valence-electron chi connectivity index (χ4n) is 2.98. The minimum absolute atomic E-state index is 0.160. The molecular weight excluding hydrogens is 266 g/mol. The van der Waals surface area contributed by atoms with Crippen molar-refractivity contribution >= 4 is 0 Å². The smallest absolute Gasteiger partial charge is 0.243 e. The summed E-state index contributed by atoms with van der Waals surface area (Å²) in [5, 5.41) is 8.39. The van der Waals surface area contributed by atoms with Crippen LogP contribution in [0.2, 0.25) is 0 Å². The van der Waals surface area contributed by atoms with Crippen molar-refractivity contribution in [2.75, 3.05) is 6.54 Å². The van der Waals surface area contributed by atoms with Gasteiger partial charge >= 0.3 is 0 Å². The van der Waals surface area contributed by atoms with Crippen molar-refractivity contribution in [3.8, 4) is 0 Å². The first-order valence-electron chi connectivity index (χ1n) is 7.72. The van der Waals surface area contributed by atoms with E-state index in [9.17, 15) is 0 Å². The molecule has 0 radical (unpaired) electrons. The topological polar surface area (TPSA) is 60.0 Å². The van der Waals surface area contributed by atoms with E-state index in [-0.39, 0.29) is 6.04 Å². The van der Waals surface area contributed by atoms with E-state index < -0.39 is 0 Å². The molecule has 0 N–H and O–H groups in total. The molecule has 2 aromatic rings. The van der Waals surface area contributed by atoms with Crippen LogP contribution >= 0.6 is 0 Å². The highest BCUT2D eigenvalue weighted by atomic mass is 16.5. The van der Waals surface area contributed by atoms with E-state index >= 15 is 0 Å². The zero-order valence-corrected chi connectivity index (χ0v) is 12.9. The van der Waals surface area contributed by atoms with E-state index in [1.165, 1.54) is 12.8 Å². The summed E-state index contributed by atoms with van der Waals surface area (Å²) in [6.07, 6.45) is 6.25. The van der Waals surface area contributed by atoms with Gasteiger partial charge in [-0.3, -0.25) is 9.58 Å². The Morgan fingerprint density at radius 1 is 1.38 bits per heavy atom. The number of aromatic nitrogens is 4. The van der Waals surface area contributed by atoms with E-state index in [0.717, 1.165) is 24.8 Å². The molecule has 114 valence electrons. The molecule has 1 fully saturated rings. The van der Waals surface area contributed by atoms with Gasteiger partial charge in [0.05, 0.1) is 12.6 Å². The van der Waals surface area contributed by atoms with Gasteiger partial charge in [0, 0.05) is 24.4 Å².